The molecule has 0 radical (unpaired) electrons. The molecule has 0 saturated carbocycles. The van der Waals surface area contributed by atoms with E-state index in [1.54, 1.807) is 0 Å². The van der Waals surface area contributed by atoms with Crippen LogP contribution in [0.15, 0.2) is 0 Å². The fourth-order valence-corrected chi connectivity index (χ4v) is 8.89. The number of carbonyl (C=O) groups is 3. The maximum absolute atomic E-state index is 12.8. The van der Waals surface area contributed by atoms with Crippen LogP contribution in [0.1, 0.15) is 329 Å². The topological polar surface area (TPSA) is 78.9 Å². The van der Waals surface area contributed by atoms with Gasteiger partial charge in [0.25, 0.3) is 0 Å². The van der Waals surface area contributed by atoms with Crippen molar-refractivity contribution < 1.29 is 28.6 Å². The first-order valence-electron chi connectivity index (χ1n) is 28.9. The van der Waals surface area contributed by atoms with Crippen LogP contribution >= 0.6 is 0 Å². The van der Waals surface area contributed by atoms with Crippen LogP contribution in [0.2, 0.25) is 0 Å². The quantitative estimate of drug-likeness (QED) is 0.0344. The van der Waals surface area contributed by atoms with Gasteiger partial charge < -0.3 is 14.2 Å². The first-order chi connectivity index (χ1) is 31.4. The van der Waals surface area contributed by atoms with Crippen LogP contribution in [0, 0.1) is 5.92 Å². The molecule has 0 N–H and O–H groups in total. The molecule has 0 amide bonds. The molecule has 0 saturated heterocycles. The highest BCUT2D eigenvalue weighted by molar-refractivity contribution is 5.71. The zero-order valence-corrected chi connectivity index (χ0v) is 43.8. The molecule has 0 aromatic rings. The molecule has 6 heteroatoms. The molecule has 64 heavy (non-hydrogen) atoms. The summed E-state index contributed by atoms with van der Waals surface area (Å²) in [5.74, 6) is 0.0729. The van der Waals surface area contributed by atoms with Gasteiger partial charge in [0.2, 0.25) is 0 Å². The van der Waals surface area contributed by atoms with Crippen LogP contribution in [0.4, 0.5) is 0 Å². The number of hydrogen-bond acceptors (Lipinski definition) is 6. The third kappa shape index (κ3) is 49.8. The van der Waals surface area contributed by atoms with Crippen molar-refractivity contribution in [3.63, 3.8) is 0 Å². The number of hydrogen-bond donors (Lipinski definition) is 0. The highest BCUT2D eigenvalue weighted by Gasteiger charge is 2.19. The minimum absolute atomic E-state index is 0.0619. The van der Waals surface area contributed by atoms with Crippen LogP contribution in [0.5, 0.6) is 0 Å². The normalized spacial score (nSPS) is 12.4. The van der Waals surface area contributed by atoms with Gasteiger partial charge in [-0.25, -0.2) is 0 Å². The van der Waals surface area contributed by atoms with E-state index in [1.165, 1.54) is 225 Å². The predicted molar refractivity (Wildman–Crippen MR) is 275 cm³/mol. The van der Waals surface area contributed by atoms with Gasteiger partial charge in [-0.1, -0.05) is 291 Å². The second-order valence-corrected chi connectivity index (χ2v) is 20.2. The molecule has 0 bridgehead atoms. The summed E-state index contributed by atoms with van der Waals surface area (Å²) in [6.45, 7) is 9.09. The van der Waals surface area contributed by atoms with Gasteiger partial charge in [-0.15, -0.1) is 0 Å². The smallest absolute Gasteiger partial charge is 0.306 e. The fraction of sp³-hybridized carbons (Fsp3) is 0.948. The molecule has 0 spiro atoms. The minimum Gasteiger partial charge on any atom is -0.462 e. The van der Waals surface area contributed by atoms with Gasteiger partial charge in [0, 0.05) is 19.3 Å². The second-order valence-electron chi connectivity index (χ2n) is 20.2. The van der Waals surface area contributed by atoms with E-state index in [2.05, 4.69) is 27.7 Å². The highest BCUT2D eigenvalue weighted by atomic mass is 16.6. The monoisotopic (exact) mass is 905 g/mol. The summed E-state index contributed by atoms with van der Waals surface area (Å²) in [5, 5.41) is 0. The lowest BCUT2D eigenvalue weighted by Gasteiger charge is -2.18. The summed E-state index contributed by atoms with van der Waals surface area (Å²) in [7, 11) is 0. The molecule has 6 nitrogen and oxygen atoms in total. The minimum atomic E-state index is -0.761. The average Bonchev–Trinajstić information content (AvgIpc) is 3.29. The first-order valence-corrected chi connectivity index (χ1v) is 28.9. The molecule has 2 atom stereocenters. The van der Waals surface area contributed by atoms with E-state index in [-0.39, 0.29) is 31.1 Å². The summed E-state index contributed by atoms with van der Waals surface area (Å²) in [5.41, 5.74) is 0. The number of esters is 3. The molecule has 0 heterocycles. The lowest BCUT2D eigenvalue weighted by Crippen LogP contribution is -2.30. The van der Waals surface area contributed by atoms with Crippen molar-refractivity contribution in [2.24, 2.45) is 5.92 Å². The zero-order valence-electron chi connectivity index (χ0n) is 43.8. The van der Waals surface area contributed by atoms with Gasteiger partial charge in [-0.3, -0.25) is 14.4 Å². The Labute approximate surface area is 399 Å². The Morgan fingerprint density at radius 3 is 0.812 bits per heavy atom. The summed E-state index contributed by atoms with van der Waals surface area (Å²) < 4.78 is 16.9. The largest absolute Gasteiger partial charge is 0.462 e. The zero-order chi connectivity index (χ0) is 46.7. The Kier molecular flexibility index (Phi) is 51.1. The summed E-state index contributed by atoms with van der Waals surface area (Å²) in [6, 6.07) is 0. The number of rotatable bonds is 53. The molecular weight excluding hydrogens is 793 g/mol. The van der Waals surface area contributed by atoms with Crippen molar-refractivity contribution in [2.75, 3.05) is 13.2 Å². The lowest BCUT2D eigenvalue weighted by atomic mass is 9.99. The van der Waals surface area contributed by atoms with E-state index >= 15 is 0 Å². The average molecular weight is 906 g/mol. The summed E-state index contributed by atoms with van der Waals surface area (Å²) in [4.78, 5) is 38.0. The van der Waals surface area contributed by atoms with Gasteiger partial charge in [-0.05, 0) is 25.2 Å². The molecule has 0 fully saturated rings. The van der Waals surface area contributed by atoms with E-state index in [0.29, 0.717) is 19.3 Å². The molecule has 0 aliphatic rings. The standard InChI is InChI=1S/C58H112O6/c1-5-8-10-12-14-16-18-29-33-37-41-45-49-56(59)62-52-55(64-58(61)51-47-43-39-35-30-19-17-15-13-11-9-6-2)53-63-57(60)50-46-42-38-34-31-27-25-23-21-20-22-24-26-28-32-36-40-44-48-54(4)7-3/h54-55H,5-53H2,1-4H3/t54?,55-/m0/s1. The van der Waals surface area contributed by atoms with Crippen LogP contribution in [-0.2, 0) is 28.6 Å². The van der Waals surface area contributed by atoms with Crippen LogP contribution < -0.4 is 0 Å². The van der Waals surface area contributed by atoms with Gasteiger partial charge in [0.15, 0.2) is 6.10 Å². The maximum atomic E-state index is 12.8. The molecule has 0 rings (SSSR count). The third-order valence-electron chi connectivity index (χ3n) is 13.7. The lowest BCUT2D eigenvalue weighted by molar-refractivity contribution is -0.167. The predicted octanol–water partition coefficient (Wildman–Crippen LogP) is 19.0. The Morgan fingerprint density at radius 2 is 0.547 bits per heavy atom. The third-order valence-corrected chi connectivity index (χ3v) is 13.7. The van der Waals surface area contributed by atoms with Crippen molar-refractivity contribution in [3.8, 4) is 0 Å². The summed E-state index contributed by atoms with van der Waals surface area (Å²) >= 11 is 0. The van der Waals surface area contributed by atoms with E-state index in [1.807, 2.05) is 0 Å². The molecule has 0 aliphatic heterocycles. The number of carbonyl (C=O) groups excluding carboxylic acids is 3. The van der Waals surface area contributed by atoms with Gasteiger partial charge in [-0.2, -0.15) is 0 Å². The van der Waals surface area contributed by atoms with Crippen molar-refractivity contribution in [2.45, 2.75) is 336 Å². The van der Waals surface area contributed by atoms with Crippen molar-refractivity contribution in [1.29, 1.82) is 0 Å². The van der Waals surface area contributed by atoms with Crippen molar-refractivity contribution in [3.05, 3.63) is 0 Å². The van der Waals surface area contributed by atoms with Crippen LogP contribution in [0.25, 0.3) is 0 Å². The number of unbranched alkanes of at least 4 members (excludes halogenated alkanes) is 39. The van der Waals surface area contributed by atoms with Crippen LogP contribution in [0.3, 0.4) is 0 Å². The Morgan fingerprint density at radius 1 is 0.312 bits per heavy atom. The van der Waals surface area contributed by atoms with Crippen molar-refractivity contribution in [1.82, 2.24) is 0 Å². The molecule has 0 aliphatic carbocycles. The van der Waals surface area contributed by atoms with E-state index in [9.17, 15) is 14.4 Å². The Bertz CT molecular complexity index is 966. The van der Waals surface area contributed by atoms with Crippen molar-refractivity contribution >= 4 is 17.9 Å². The second kappa shape index (κ2) is 52.4. The molecule has 0 aromatic heterocycles. The van der Waals surface area contributed by atoms with Gasteiger partial charge in [0.05, 0.1) is 0 Å². The van der Waals surface area contributed by atoms with Gasteiger partial charge >= 0.3 is 17.9 Å². The molecule has 0 aromatic carbocycles. The number of ether oxygens (including phenoxy) is 3. The Balaban J connectivity index is 4.19. The summed E-state index contributed by atoms with van der Waals surface area (Å²) in [6.07, 6.45) is 56.6. The fourth-order valence-electron chi connectivity index (χ4n) is 8.89. The first kappa shape index (κ1) is 62.4. The highest BCUT2D eigenvalue weighted by Crippen LogP contribution is 2.18. The van der Waals surface area contributed by atoms with E-state index < -0.39 is 6.10 Å². The van der Waals surface area contributed by atoms with Gasteiger partial charge in [0.1, 0.15) is 13.2 Å². The Hall–Kier alpha value is -1.59. The van der Waals surface area contributed by atoms with E-state index in [4.69, 9.17) is 14.2 Å². The van der Waals surface area contributed by atoms with E-state index in [0.717, 1.165) is 63.7 Å². The molecular formula is C58H112O6. The molecule has 380 valence electrons. The molecule has 1 unspecified atom stereocenters. The van der Waals surface area contributed by atoms with Crippen LogP contribution in [-0.4, -0.2) is 37.2 Å². The SMILES string of the molecule is CCCCCCCCCCCCCCC(=O)OC[C@@H](COC(=O)CCCCCCCCCCCCCCCCCCCCC(C)CC)OC(=O)CCCCCCCCCCCCCC. The maximum Gasteiger partial charge on any atom is 0.306 e.